The Labute approximate surface area is 102 Å². The summed E-state index contributed by atoms with van der Waals surface area (Å²) in [6.45, 7) is 0. The lowest BCUT2D eigenvalue weighted by atomic mass is 10.3. The summed E-state index contributed by atoms with van der Waals surface area (Å²) in [5.74, 6) is 0.960. The fraction of sp³-hybridized carbons (Fsp3) is 0.0909. The number of nitrogens with two attached hydrogens (primary N) is 1. The van der Waals surface area contributed by atoms with Gasteiger partial charge in [0.25, 0.3) is 0 Å². The lowest BCUT2D eigenvalue weighted by molar-refractivity contribution is 1.43. The highest BCUT2D eigenvalue weighted by Gasteiger charge is 2.02. The number of thiophene rings is 1. The molecule has 4 heteroatoms. The molecule has 0 aliphatic carbocycles. The van der Waals surface area contributed by atoms with E-state index in [9.17, 15) is 0 Å². The monoisotopic (exact) mass is 255 g/mol. The molecule has 0 saturated heterocycles. The van der Waals surface area contributed by atoms with E-state index < -0.39 is 0 Å². The van der Waals surface area contributed by atoms with Crippen LogP contribution in [0.25, 0.3) is 0 Å². The van der Waals surface area contributed by atoms with Crippen molar-refractivity contribution in [3.8, 4) is 0 Å². The van der Waals surface area contributed by atoms with Gasteiger partial charge in [-0.2, -0.15) is 0 Å². The zero-order valence-corrected chi connectivity index (χ0v) is 10.3. The van der Waals surface area contributed by atoms with Crippen molar-refractivity contribution < 1.29 is 0 Å². The van der Waals surface area contributed by atoms with Crippen LogP contribution in [-0.2, 0) is 5.75 Å². The Morgan fingerprint density at radius 3 is 2.87 bits per heavy atom. The Morgan fingerprint density at radius 1 is 1.33 bits per heavy atom. The quantitative estimate of drug-likeness (QED) is 0.655. The van der Waals surface area contributed by atoms with Crippen LogP contribution in [0.4, 0.5) is 5.69 Å². The van der Waals surface area contributed by atoms with E-state index in [0.717, 1.165) is 15.7 Å². The number of anilines is 1. The minimum absolute atomic E-state index is 0.709. The van der Waals surface area contributed by atoms with Gasteiger partial charge < -0.3 is 5.73 Å². The van der Waals surface area contributed by atoms with Crippen molar-refractivity contribution in [2.75, 3.05) is 5.73 Å². The van der Waals surface area contributed by atoms with E-state index >= 15 is 0 Å². The third-order valence-corrected chi connectivity index (χ3v) is 4.51. The van der Waals surface area contributed by atoms with Crippen LogP contribution in [0.5, 0.6) is 0 Å². The number of halogens is 1. The van der Waals surface area contributed by atoms with Crippen LogP contribution in [-0.4, -0.2) is 0 Å². The molecule has 0 aliphatic heterocycles. The zero-order valence-electron chi connectivity index (χ0n) is 7.94. The highest BCUT2D eigenvalue weighted by molar-refractivity contribution is 7.98. The van der Waals surface area contributed by atoms with Crippen molar-refractivity contribution in [2.45, 2.75) is 10.6 Å². The molecule has 0 saturated carbocycles. The van der Waals surface area contributed by atoms with E-state index in [0.29, 0.717) is 5.69 Å². The van der Waals surface area contributed by atoms with Crippen molar-refractivity contribution in [1.29, 1.82) is 0 Å². The molecule has 2 aromatic rings. The highest BCUT2D eigenvalue weighted by atomic mass is 35.5. The van der Waals surface area contributed by atoms with Gasteiger partial charge in [0.1, 0.15) is 0 Å². The van der Waals surface area contributed by atoms with Gasteiger partial charge >= 0.3 is 0 Å². The van der Waals surface area contributed by atoms with Crippen molar-refractivity contribution in [3.05, 3.63) is 45.6 Å². The van der Waals surface area contributed by atoms with E-state index in [4.69, 9.17) is 17.3 Å². The molecule has 15 heavy (non-hydrogen) atoms. The molecule has 1 nitrogen and oxygen atoms in total. The molecule has 0 radical (unpaired) electrons. The third kappa shape index (κ3) is 2.91. The summed E-state index contributed by atoms with van der Waals surface area (Å²) in [6.07, 6.45) is 0. The van der Waals surface area contributed by atoms with E-state index in [1.807, 2.05) is 12.1 Å². The Bertz CT molecular complexity index is 440. The van der Waals surface area contributed by atoms with Gasteiger partial charge in [-0.15, -0.1) is 23.1 Å². The van der Waals surface area contributed by atoms with E-state index in [1.54, 1.807) is 29.2 Å². The van der Waals surface area contributed by atoms with Gasteiger partial charge in [0.2, 0.25) is 0 Å². The largest absolute Gasteiger partial charge is 0.399 e. The van der Waals surface area contributed by atoms with Gasteiger partial charge in [-0.3, -0.25) is 0 Å². The molecule has 1 heterocycles. The molecule has 0 aliphatic rings. The molecule has 0 spiro atoms. The summed E-state index contributed by atoms with van der Waals surface area (Å²) >= 11 is 9.57. The smallest absolute Gasteiger partial charge is 0.0562 e. The average Bonchev–Trinajstić information content (AvgIpc) is 2.69. The molecular weight excluding hydrogens is 246 g/mol. The highest BCUT2D eigenvalue weighted by Crippen LogP contribution is 2.31. The molecule has 0 bridgehead atoms. The van der Waals surface area contributed by atoms with Crippen molar-refractivity contribution >= 4 is 40.4 Å². The lowest BCUT2D eigenvalue weighted by Gasteiger charge is -2.03. The number of benzene rings is 1. The second-order valence-corrected chi connectivity index (χ2v) is 5.51. The molecule has 78 valence electrons. The minimum Gasteiger partial charge on any atom is -0.399 e. The maximum atomic E-state index is 6.07. The summed E-state index contributed by atoms with van der Waals surface area (Å²) < 4.78 is 0. The van der Waals surface area contributed by atoms with Crippen LogP contribution in [0, 0.1) is 0 Å². The Balaban J connectivity index is 2.05. The van der Waals surface area contributed by atoms with E-state index in [-0.39, 0.29) is 0 Å². The first-order chi connectivity index (χ1) is 7.25. The second-order valence-electron chi connectivity index (χ2n) is 3.06. The second kappa shape index (κ2) is 4.92. The summed E-state index contributed by atoms with van der Waals surface area (Å²) in [7, 11) is 0. The van der Waals surface area contributed by atoms with Crippen molar-refractivity contribution in [2.24, 2.45) is 0 Å². The van der Waals surface area contributed by atoms with Gasteiger partial charge in [-0.25, -0.2) is 0 Å². The maximum absolute atomic E-state index is 6.07. The first-order valence-corrected chi connectivity index (χ1v) is 6.70. The van der Waals surface area contributed by atoms with Crippen LogP contribution >= 0.6 is 34.7 Å². The standard InChI is InChI=1S/C11H10ClNS2/c12-10-6-8(13)3-4-11(10)15-7-9-2-1-5-14-9/h1-6H,7,13H2. The first kappa shape index (κ1) is 10.9. The van der Waals surface area contributed by atoms with E-state index in [1.165, 1.54) is 4.88 Å². The molecule has 0 unspecified atom stereocenters. The van der Waals surface area contributed by atoms with Crippen molar-refractivity contribution in [1.82, 2.24) is 0 Å². The summed E-state index contributed by atoms with van der Waals surface area (Å²) in [4.78, 5) is 2.44. The SMILES string of the molecule is Nc1ccc(SCc2cccs2)c(Cl)c1. The predicted octanol–water partition coefficient (Wildman–Crippen LogP) is 4.28. The first-order valence-electron chi connectivity index (χ1n) is 4.46. The van der Waals surface area contributed by atoms with Gasteiger partial charge in [-0.1, -0.05) is 17.7 Å². The predicted molar refractivity (Wildman–Crippen MR) is 69.7 cm³/mol. The summed E-state index contributed by atoms with van der Waals surface area (Å²) in [6, 6.07) is 9.82. The number of hydrogen-bond donors (Lipinski definition) is 1. The van der Waals surface area contributed by atoms with Crippen molar-refractivity contribution in [3.63, 3.8) is 0 Å². The fourth-order valence-electron chi connectivity index (χ4n) is 1.18. The lowest BCUT2D eigenvalue weighted by Crippen LogP contribution is -1.84. The number of rotatable bonds is 3. The molecule has 2 N–H and O–H groups in total. The fourth-order valence-corrected chi connectivity index (χ4v) is 3.22. The van der Waals surface area contributed by atoms with Crippen LogP contribution in [0.3, 0.4) is 0 Å². The summed E-state index contributed by atoms with van der Waals surface area (Å²) in [5, 5.41) is 2.82. The van der Waals surface area contributed by atoms with E-state index in [2.05, 4.69) is 17.5 Å². The molecular formula is C11H10ClNS2. The normalized spacial score (nSPS) is 10.5. The maximum Gasteiger partial charge on any atom is 0.0562 e. The number of nitrogen functional groups attached to an aromatic ring is 1. The van der Waals surface area contributed by atoms with Gasteiger partial charge in [-0.05, 0) is 29.6 Å². The third-order valence-electron chi connectivity index (χ3n) is 1.91. The Hall–Kier alpha value is -0.640. The van der Waals surface area contributed by atoms with Crippen LogP contribution < -0.4 is 5.73 Å². The zero-order chi connectivity index (χ0) is 10.7. The van der Waals surface area contributed by atoms with Gasteiger partial charge in [0.05, 0.1) is 5.02 Å². The Kier molecular flexibility index (Phi) is 3.57. The van der Waals surface area contributed by atoms with Gasteiger partial charge in [0.15, 0.2) is 0 Å². The topological polar surface area (TPSA) is 26.0 Å². The molecule has 0 amide bonds. The minimum atomic E-state index is 0.709. The number of thioether (sulfide) groups is 1. The molecule has 0 atom stereocenters. The van der Waals surface area contributed by atoms with Crippen LogP contribution in [0.2, 0.25) is 5.02 Å². The molecule has 1 aromatic heterocycles. The molecule has 0 fully saturated rings. The van der Waals surface area contributed by atoms with Gasteiger partial charge in [0, 0.05) is 21.2 Å². The molecule has 1 aromatic carbocycles. The number of hydrogen-bond acceptors (Lipinski definition) is 3. The molecule has 2 rings (SSSR count). The van der Waals surface area contributed by atoms with Crippen LogP contribution in [0.1, 0.15) is 4.88 Å². The van der Waals surface area contributed by atoms with Crippen LogP contribution in [0.15, 0.2) is 40.6 Å². The summed E-state index contributed by atoms with van der Waals surface area (Å²) in [5.41, 5.74) is 6.34. The Morgan fingerprint density at radius 2 is 2.20 bits per heavy atom. The average molecular weight is 256 g/mol.